The summed E-state index contributed by atoms with van der Waals surface area (Å²) in [5, 5.41) is 0. The van der Waals surface area contributed by atoms with E-state index < -0.39 is 0 Å². The number of hydrogen-bond acceptors (Lipinski definition) is 2. The standard InChI is InChI=1S/C18H13NO2/c20-18-19(11-10-13-6-2-1-3-7-13)17-15-9-5-4-8-14(15)12-16(17)21-18/h1-9,16-17H,12H2/t16-,17+/m1/s1. The van der Waals surface area contributed by atoms with Gasteiger partial charge in [-0.2, -0.15) is 0 Å². The number of ether oxygens (including phenoxy) is 1. The van der Waals surface area contributed by atoms with Gasteiger partial charge in [-0.3, -0.25) is 0 Å². The van der Waals surface area contributed by atoms with Crippen LogP contribution in [0.1, 0.15) is 22.7 Å². The molecule has 0 saturated carbocycles. The zero-order chi connectivity index (χ0) is 14.2. The van der Waals surface area contributed by atoms with Crippen LogP contribution in [0.5, 0.6) is 0 Å². The fourth-order valence-electron chi connectivity index (χ4n) is 3.01. The van der Waals surface area contributed by atoms with E-state index in [0.717, 1.165) is 17.5 Å². The predicted octanol–water partition coefficient (Wildman–Crippen LogP) is 3.11. The first-order valence-electron chi connectivity index (χ1n) is 6.97. The molecule has 4 rings (SSSR count). The van der Waals surface area contributed by atoms with E-state index in [9.17, 15) is 4.79 Å². The molecule has 102 valence electrons. The van der Waals surface area contributed by atoms with E-state index in [1.807, 2.05) is 42.5 Å². The lowest BCUT2D eigenvalue weighted by Crippen LogP contribution is -2.22. The number of hydrogen-bond donors (Lipinski definition) is 0. The number of amides is 1. The Hall–Kier alpha value is -2.73. The lowest BCUT2D eigenvalue weighted by molar-refractivity contribution is 0.134. The second-order valence-corrected chi connectivity index (χ2v) is 5.24. The fourth-order valence-corrected chi connectivity index (χ4v) is 3.01. The minimum absolute atomic E-state index is 0.0788. The van der Waals surface area contributed by atoms with Gasteiger partial charge in [0.1, 0.15) is 12.1 Å². The topological polar surface area (TPSA) is 29.5 Å². The van der Waals surface area contributed by atoms with Crippen molar-refractivity contribution in [1.82, 2.24) is 4.90 Å². The highest BCUT2D eigenvalue weighted by Crippen LogP contribution is 2.41. The Balaban J connectivity index is 1.70. The maximum absolute atomic E-state index is 12.0. The molecule has 1 saturated heterocycles. The van der Waals surface area contributed by atoms with Crippen LogP contribution in [0.15, 0.2) is 54.6 Å². The van der Waals surface area contributed by atoms with Crippen LogP contribution in [0, 0.1) is 12.0 Å². The van der Waals surface area contributed by atoms with Crippen LogP contribution >= 0.6 is 0 Å². The molecular weight excluding hydrogens is 262 g/mol. The van der Waals surface area contributed by atoms with Crippen LogP contribution in [0.2, 0.25) is 0 Å². The third-order valence-electron chi connectivity index (χ3n) is 3.97. The zero-order valence-corrected chi connectivity index (χ0v) is 11.3. The van der Waals surface area contributed by atoms with Crippen molar-refractivity contribution < 1.29 is 9.53 Å². The number of benzene rings is 2. The van der Waals surface area contributed by atoms with Gasteiger partial charge in [0.2, 0.25) is 0 Å². The van der Waals surface area contributed by atoms with Crippen molar-refractivity contribution in [3.05, 3.63) is 71.3 Å². The first kappa shape index (κ1) is 12.0. The van der Waals surface area contributed by atoms with Crippen molar-refractivity contribution >= 4 is 6.09 Å². The van der Waals surface area contributed by atoms with Crippen LogP contribution in [0.4, 0.5) is 4.79 Å². The summed E-state index contributed by atoms with van der Waals surface area (Å²) in [7, 11) is 0. The Kier molecular flexibility index (Phi) is 2.68. The minimum atomic E-state index is -0.345. The Morgan fingerprint density at radius 1 is 1.05 bits per heavy atom. The molecular formula is C18H13NO2. The molecule has 1 aliphatic heterocycles. The van der Waals surface area contributed by atoms with Crippen LogP contribution in [-0.2, 0) is 11.2 Å². The van der Waals surface area contributed by atoms with Gasteiger partial charge in [0, 0.05) is 18.0 Å². The van der Waals surface area contributed by atoms with Crippen molar-refractivity contribution in [3.8, 4) is 12.0 Å². The number of carbonyl (C=O) groups excluding carboxylic acids is 1. The molecule has 2 aromatic rings. The van der Waals surface area contributed by atoms with E-state index in [4.69, 9.17) is 4.74 Å². The summed E-state index contributed by atoms with van der Waals surface area (Å²) in [6.45, 7) is 0. The average Bonchev–Trinajstić information content (AvgIpc) is 3.01. The molecule has 1 fully saturated rings. The summed E-state index contributed by atoms with van der Waals surface area (Å²) in [6, 6.07) is 20.7. The molecule has 21 heavy (non-hydrogen) atoms. The molecule has 2 aliphatic rings. The third-order valence-corrected chi connectivity index (χ3v) is 3.97. The molecule has 3 nitrogen and oxygen atoms in total. The van der Waals surface area contributed by atoms with Crippen molar-refractivity contribution in [2.24, 2.45) is 0 Å². The molecule has 0 aromatic heterocycles. The largest absolute Gasteiger partial charge is 0.442 e. The summed E-state index contributed by atoms with van der Waals surface area (Å²) in [4.78, 5) is 13.6. The summed E-state index contributed by atoms with van der Waals surface area (Å²) < 4.78 is 5.45. The Bertz CT molecular complexity index is 758. The molecule has 1 aliphatic carbocycles. The van der Waals surface area contributed by atoms with E-state index in [0.29, 0.717) is 0 Å². The van der Waals surface area contributed by atoms with Gasteiger partial charge in [0.15, 0.2) is 0 Å². The first-order valence-corrected chi connectivity index (χ1v) is 6.97. The smallest absolute Gasteiger partial charge is 0.422 e. The first-order chi connectivity index (χ1) is 10.3. The molecule has 0 unspecified atom stereocenters. The monoisotopic (exact) mass is 275 g/mol. The third kappa shape index (κ3) is 1.96. The summed E-state index contributed by atoms with van der Waals surface area (Å²) in [6.07, 6.45) is 0.318. The van der Waals surface area contributed by atoms with E-state index in [-0.39, 0.29) is 18.2 Å². The van der Waals surface area contributed by atoms with E-state index in [1.165, 1.54) is 10.5 Å². The van der Waals surface area contributed by atoms with Gasteiger partial charge in [0.25, 0.3) is 0 Å². The van der Waals surface area contributed by atoms with E-state index >= 15 is 0 Å². The van der Waals surface area contributed by atoms with Gasteiger partial charge >= 0.3 is 6.09 Å². The normalized spacial score (nSPS) is 22.1. The van der Waals surface area contributed by atoms with Crippen LogP contribution in [0.25, 0.3) is 0 Å². The van der Waals surface area contributed by atoms with Gasteiger partial charge in [-0.15, -0.1) is 0 Å². The number of rotatable bonds is 0. The van der Waals surface area contributed by atoms with Crippen LogP contribution in [-0.4, -0.2) is 17.1 Å². The molecule has 1 heterocycles. The zero-order valence-electron chi connectivity index (χ0n) is 11.3. The summed E-state index contributed by atoms with van der Waals surface area (Å²) >= 11 is 0. The molecule has 2 atom stereocenters. The van der Waals surface area contributed by atoms with Gasteiger partial charge in [-0.05, 0) is 29.2 Å². The highest BCUT2D eigenvalue weighted by Gasteiger charge is 2.47. The molecule has 3 heteroatoms. The quantitative estimate of drug-likeness (QED) is 0.691. The maximum Gasteiger partial charge on any atom is 0.422 e. The average molecular weight is 275 g/mol. The lowest BCUT2D eigenvalue weighted by atomic mass is 10.1. The van der Waals surface area contributed by atoms with Crippen molar-refractivity contribution in [3.63, 3.8) is 0 Å². The van der Waals surface area contributed by atoms with Crippen LogP contribution < -0.4 is 0 Å². The van der Waals surface area contributed by atoms with Crippen molar-refractivity contribution in [2.75, 3.05) is 0 Å². The minimum Gasteiger partial charge on any atom is -0.442 e. The van der Waals surface area contributed by atoms with Gasteiger partial charge in [-0.1, -0.05) is 42.5 Å². The van der Waals surface area contributed by atoms with E-state index in [2.05, 4.69) is 24.1 Å². The second-order valence-electron chi connectivity index (χ2n) is 5.24. The van der Waals surface area contributed by atoms with Gasteiger partial charge < -0.3 is 4.74 Å². The number of carbonyl (C=O) groups is 1. The fraction of sp³-hybridized carbons (Fsp3) is 0.167. The SMILES string of the molecule is O=C1O[C@@H]2Cc3ccccc3[C@@H]2N1C#Cc1ccccc1. The lowest BCUT2D eigenvalue weighted by Gasteiger charge is -2.14. The highest BCUT2D eigenvalue weighted by atomic mass is 16.6. The summed E-state index contributed by atoms with van der Waals surface area (Å²) in [5.41, 5.74) is 3.28. The van der Waals surface area contributed by atoms with Gasteiger partial charge in [-0.25, -0.2) is 9.69 Å². The predicted molar refractivity (Wildman–Crippen MR) is 78.3 cm³/mol. The molecule has 1 amide bonds. The number of nitrogens with zero attached hydrogens (tertiary/aromatic N) is 1. The van der Waals surface area contributed by atoms with Crippen molar-refractivity contribution in [1.29, 1.82) is 0 Å². The van der Waals surface area contributed by atoms with Crippen LogP contribution in [0.3, 0.4) is 0 Å². The molecule has 0 bridgehead atoms. The molecule has 0 spiro atoms. The second kappa shape index (κ2) is 4.68. The van der Waals surface area contributed by atoms with Crippen molar-refractivity contribution in [2.45, 2.75) is 18.6 Å². The Morgan fingerprint density at radius 2 is 1.81 bits per heavy atom. The number of fused-ring (bicyclic) bond motifs is 3. The Labute approximate surface area is 123 Å². The molecule has 2 aromatic carbocycles. The Morgan fingerprint density at radius 3 is 2.67 bits per heavy atom. The summed E-state index contributed by atoms with van der Waals surface area (Å²) in [5.74, 6) is 3.04. The molecule has 0 N–H and O–H groups in total. The molecule has 0 radical (unpaired) electrons. The highest BCUT2D eigenvalue weighted by molar-refractivity contribution is 5.74. The maximum atomic E-state index is 12.0. The van der Waals surface area contributed by atoms with E-state index in [1.54, 1.807) is 0 Å². The van der Waals surface area contributed by atoms with Gasteiger partial charge in [0.05, 0.1) is 0 Å².